The van der Waals surface area contributed by atoms with Crippen molar-refractivity contribution in [3.63, 3.8) is 0 Å². The zero-order chi connectivity index (χ0) is 9.42. The standard InChI is InChI=1S/C10H12N2S/c1-2-7-5-6-3-4-8(11)9(12)10(6)13-7/h3-5H,2,11-12H2,1H3. The lowest BCUT2D eigenvalue weighted by atomic mass is 10.2. The van der Waals surface area contributed by atoms with E-state index in [-0.39, 0.29) is 0 Å². The van der Waals surface area contributed by atoms with Crippen LogP contribution in [0.3, 0.4) is 0 Å². The molecule has 0 saturated heterocycles. The third-order valence-corrected chi connectivity index (χ3v) is 3.49. The first-order valence-electron chi connectivity index (χ1n) is 4.28. The third-order valence-electron chi connectivity index (χ3n) is 2.16. The van der Waals surface area contributed by atoms with Gasteiger partial charge in [-0.3, -0.25) is 0 Å². The van der Waals surface area contributed by atoms with E-state index in [1.165, 1.54) is 10.3 Å². The molecule has 0 saturated carbocycles. The van der Waals surface area contributed by atoms with Gasteiger partial charge in [0.25, 0.3) is 0 Å². The van der Waals surface area contributed by atoms with Crippen molar-refractivity contribution in [3.05, 3.63) is 23.1 Å². The number of anilines is 2. The van der Waals surface area contributed by atoms with Gasteiger partial charge in [0.05, 0.1) is 16.1 Å². The first-order chi connectivity index (χ1) is 6.22. The van der Waals surface area contributed by atoms with Crippen LogP contribution in [0, 0.1) is 0 Å². The lowest BCUT2D eigenvalue weighted by molar-refractivity contribution is 1.19. The number of rotatable bonds is 1. The van der Waals surface area contributed by atoms with E-state index < -0.39 is 0 Å². The summed E-state index contributed by atoms with van der Waals surface area (Å²) in [5.41, 5.74) is 13.0. The van der Waals surface area contributed by atoms with Crippen molar-refractivity contribution in [1.29, 1.82) is 0 Å². The van der Waals surface area contributed by atoms with Crippen LogP contribution in [0.4, 0.5) is 11.4 Å². The minimum Gasteiger partial charge on any atom is -0.397 e. The van der Waals surface area contributed by atoms with E-state index in [2.05, 4.69) is 13.0 Å². The van der Waals surface area contributed by atoms with Gasteiger partial charge in [-0.15, -0.1) is 11.3 Å². The first kappa shape index (κ1) is 8.38. The Balaban J connectivity index is 2.76. The molecule has 0 amide bonds. The molecule has 0 bridgehead atoms. The Morgan fingerprint density at radius 3 is 2.77 bits per heavy atom. The number of hydrogen-bond donors (Lipinski definition) is 2. The Hall–Kier alpha value is -1.22. The summed E-state index contributed by atoms with van der Waals surface area (Å²) in [5, 5.41) is 1.20. The Kier molecular flexibility index (Phi) is 1.88. The number of nitrogens with two attached hydrogens (primary N) is 2. The summed E-state index contributed by atoms with van der Waals surface area (Å²) in [5.74, 6) is 0. The molecular weight excluding hydrogens is 180 g/mol. The lowest BCUT2D eigenvalue weighted by Crippen LogP contribution is -1.93. The van der Waals surface area contributed by atoms with Crippen LogP contribution >= 0.6 is 11.3 Å². The Morgan fingerprint density at radius 2 is 2.08 bits per heavy atom. The minimum absolute atomic E-state index is 0.678. The highest BCUT2D eigenvalue weighted by molar-refractivity contribution is 7.19. The fourth-order valence-electron chi connectivity index (χ4n) is 1.37. The quantitative estimate of drug-likeness (QED) is 0.682. The van der Waals surface area contributed by atoms with Crippen LogP contribution in [0.1, 0.15) is 11.8 Å². The van der Waals surface area contributed by atoms with Crippen LogP contribution in [0.25, 0.3) is 10.1 Å². The van der Waals surface area contributed by atoms with Crippen molar-refractivity contribution in [2.75, 3.05) is 11.5 Å². The molecular formula is C10H12N2S. The van der Waals surface area contributed by atoms with E-state index in [9.17, 15) is 0 Å². The Morgan fingerprint density at radius 1 is 1.31 bits per heavy atom. The second-order valence-electron chi connectivity index (χ2n) is 3.05. The third kappa shape index (κ3) is 1.25. The van der Waals surface area contributed by atoms with Crippen LogP contribution < -0.4 is 11.5 Å². The predicted molar refractivity (Wildman–Crippen MR) is 60.0 cm³/mol. The summed E-state index contributed by atoms with van der Waals surface area (Å²) < 4.78 is 1.12. The normalized spacial score (nSPS) is 10.8. The molecule has 3 heteroatoms. The fourth-order valence-corrected chi connectivity index (χ4v) is 2.43. The zero-order valence-corrected chi connectivity index (χ0v) is 8.32. The topological polar surface area (TPSA) is 52.0 Å². The van der Waals surface area contributed by atoms with E-state index in [4.69, 9.17) is 11.5 Å². The molecule has 2 rings (SSSR count). The van der Waals surface area contributed by atoms with Crippen LogP contribution in [0.2, 0.25) is 0 Å². The van der Waals surface area contributed by atoms with Gasteiger partial charge in [0.2, 0.25) is 0 Å². The largest absolute Gasteiger partial charge is 0.397 e. The monoisotopic (exact) mass is 192 g/mol. The summed E-state index contributed by atoms with van der Waals surface area (Å²) in [6.45, 7) is 2.14. The van der Waals surface area contributed by atoms with Crippen molar-refractivity contribution >= 4 is 32.8 Å². The van der Waals surface area contributed by atoms with E-state index in [1.54, 1.807) is 11.3 Å². The van der Waals surface area contributed by atoms with Crippen LogP contribution in [0.15, 0.2) is 18.2 Å². The molecule has 0 aliphatic carbocycles. The predicted octanol–water partition coefficient (Wildman–Crippen LogP) is 2.63. The van der Waals surface area contributed by atoms with Crippen molar-refractivity contribution in [2.45, 2.75) is 13.3 Å². The molecule has 2 aromatic rings. The summed E-state index contributed by atoms with van der Waals surface area (Å²) in [6.07, 6.45) is 1.05. The molecule has 0 fully saturated rings. The van der Waals surface area contributed by atoms with Crippen LogP contribution in [0.5, 0.6) is 0 Å². The average molecular weight is 192 g/mol. The van der Waals surface area contributed by atoms with Gasteiger partial charge in [-0.05, 0) is 23.9 Å². The molecule has 68 valence electrons. The molecule has 0 aliphatic heterocycles. The van der Waals surface area contributed by atoms with Crippen molar-refractivity contribution in [2.24, 2.45) is 0 Å². The van der Waals surface area contributed by atoms with Gasteiger partial charge in [0.1, 0.15) is 0 Å². The average Bonchev–Trinajstić information content (AvgIpc) is 2.55. The van der Waals surface area contributed by atoms with Crippen molar-refractivity contribution in [1.82, 2.24) is 0 Å². The smallest absolute Gasteiger partial charge is 0.0729 e. The number of fused-ring (bicyclic) bond motifs is 1. The zero-order valence-electron chi connectivity index (χ0n) is 7.50. The van der Waals surface area contributed by atoms with Gasteiger partial charge in [-0.25, -0.2) is 0 Å². The minimum atomic E-state index is 0.678. The second kappa shape index (κ2) is 2.92. The highest BCUT2D eigenvalue weighted by Gasteiger charge is 2.05. The van der Waals surface area contributed by atoms with Crippen molar-refractivity contribution in [3.8, 4) is 0 Å². The van der Waals surface area contributed by atoms with E-state index >= 15 is 0 Å². The summed E-state index contributed by atoms with van der Waals surface area (Å²) >= 11 is 1.73. The molecule has 0 spiro atoms. The fraction of sp³-hybridized carbons (Fsp3) is 0.200. The molecule has 0 radical (unpaired) electrons. The highest BCUT2D eigenvalue weighted by atomic mass is 32.1. The maximum Gasteiger partial charge on any atom is 0.0729 e. The number of benzene rings is 1. The van der Waals surface area contributed by atoms with Crippen LogP contribution in [-0.4, -0.2) is 0 Å². The van der Waals surface area contributed by atoms with E-state index in [0.29, 0.717) is 5.69 Å². The molecule has 0 unspecified atom stereocenters. The highest BCUT2D eigenvalue weighted by Crippen LogP contribution is 2.33. The van der Waals surface area contributed by atoms with Gasteiger partial charge < -0.3 is 11.5 Å². The van der Waals surface area contributed by atoms with Gasteiger partial charge in [0.15, 0.2) is 0 Å². The summed E-state index contributed by atoms with van der Waals surface area (Å²) in [4.78, 5) is 1.35. The van der Waals surface area contributed by atoms with Gasteiger partial charge >= 0.3 is 0 Å². The van der Waals surface area contributed by atoms with Gasteiger partial charge in [0, 0.05) is 4.88 Å². The molecule has 1 aromatic carbocycles. The molecule has 2 nitrogen and oxygen atoms in total. The second-order valence-corrected chi connectivity index (χ2v) is 4.19. The SMILES string of the molecule is CCc1cc2ccc(N)c(N)c2s1. The number of thiophene rings is 1. The van der Waals surface area contributed by atoms with Gasteiger partial charge in [-0.1, -0.05) is 13.0 Å². The van der Waals surface area contributed by atoms with Crippen molar-refractivity contribution < 1.29 is 0 Å². The van der Waals surface area contributed by atoms with E-state index in [0.717, 1.165) is 16.8 Å². The number of nitrogen functional groups attached to an aromatic ring is 2. The van der Waals surface area contributed by atoms with Gasteiger partial charge in [-0.2, -0.15) is 0 Å². The summed E-state index contributed by atoms with van der Waals surface area (Å²) in [7, 11) is 0. The molecule has 0 aliphatic rings. The van der Waals surface area contributed by atoms with E-state index in [1.807, 2.05) is 12.1 Å². The molecule has 0 atom stereocenters. The first-order valence-corrected chi connectivity index (χ1v) is 5.10. The van der Waals surface area contributed by atoms with Crippen LogP contribution in [-0.2, 0) is 6.42 Å². The molecule has 1 aromatic heterocycles. The maximum atomic E-state index is 5.87. The molecule has 1 heterocycles. The Labute approximate surface area is 81.2 Å². The number of aryl methyl sites for hydroxylation is 1. The maximum absolute atomic E-state index is 5.87. The lowest BCUT2D eigenvalue weighted by Gasteiger charge is -1.99. The molecule has 4 N–H and O–H groups in total. The summed E-state index contributed by atoms with van der Waals surface area (Å²) in [6, 6.07) is 6.07. The molecule has 13 heavy (non-hydrogen) atoms. The number of hydrogen-bond acceptors (Lipinski definition) is 3. The Bertz CT molecular complexity index is 445.